The van der Waals surface area contributed by atoms with E-state index in [-0.39, 0.29) is 18.3 Å². The normalized spacial score (nSPS) is 13.4. The fourth-order valence-electron chi connectivity index (χ4n) is 2.92. The summed E-state index contributed by atoms with van der Waals surface area (Å²) < 4.78 is 12.3. The van der Waals surface area contributed by atoms with Crippen LogP contribution in [0.25, 0.3) is 5.69 Å². The van der Waals surface area contributed by atoms with Crippen molar-refractivity contribution in [1.82, 2.24) is 9.55 Å². The van der Waals surface area contributed by atoms with Gasteiger partial charge < -0.3 is 14.8 Å². The molecule has 1 atom stereocenters. The van der Waals surface area contributed by atoms with Gasteiger partial charge in [0.25, 0.3) is 5.56 Å². The molecule has 1 N–H and O–H groups in total. The molecule has 0 spiro atoms. The Labute approximate surface area is 151 Å². The molecule has 0 amide bonds. The van der Waals surface area contributed by atoms with Crippen LogP contribution >= 0.6 is 0 Å². The number of benzene rings is 2. The SMILES string of the molecule is C[C@H](CNc1nccn(-c2ccc3c(c2)OCO3)c1=O)c1ccccc1. The van der Waals surface area contributed by atoms with Gasteiger partial charge >= 0.3 is 0 Å². The van der Waals surface area contributed by atoms with Crippen LogP contribution in [0.3, 0.4) is 0 Å². The maximum Gasteiger partial charge on any atom is 0.297 e. The van der Waals surface area contributed by atoms with E-state index < -0.39 is 0 Å². The largest absolute Gasteiger partial charge is 0.454 e. The van der Waals surface area contributed by atoms with Crippen molar-refractivity contribution in [3.63, 3.8) is 0 Å². The van der Waals surface area contributed by atoms with Crippen LogP contribution in [0.15, 0.2) is 65.7 Å². The van der Waals surface area contributed by atoms with E-state index in [4.69, 9.17) is 9.47 Å². The van der Waals surface area contributed by atoms with Crippen LogP contribution in [-0.2, 0) is 0 Å². The molecular weight excluding hydrogens is 330 g/mol. The number of rotatable bonds is 5. The molecule has 132 valence electrons. The lowest BCUT2D eigenvalue weighted by molar-refractivity contribution is 0.174. The van der Waals surface area contributed by atoms with Crippen molar-refractivity contribution in [1.29, 1.82) is 0 Å². The first-order valence-corrected chi connectivity index (χ1v) is 8.49. The highest BCUT2D eigenvalue weighted by Gasteiger charge is 2.15. The minimum absolute atomic E-state index is 0.202. The van der Waals surface area contributed by atoms with E-state index in [1.165, 1.54) is 5.56 Å². The fraction of sp³-hybridized carbons (Fsp3) is 0.200. The highest BCUT2D eigenvalue weighted by molar-refractivity contribution is 5.50. The summed E-state index contributed by atoms with van der Waals surface area (Å²) in [5.74, 6) is 1.91. The van der Waals surface area contributed by atoms with Crippen molar-refractivity contribution in [2.24, 2.45) is 0 Å². The monoisotopic (exact) mass is 349 g/mol. The molecule has 0 saturated heterocycles. The molecule has 4 rings (SSSR count). The standard InChI is InChI=1S/C20H19N3O3/c1-14(15-5-3-2-4-6-15)12-22-19-20(24)23(10-9-21-19)16-7-8-17-18(11-16)26-13-25-17/h2-11,14H,12-13H2,1H3,(H,21,22)/t14-/m1/s1. The molecule has 26 heavy (non-hydrogen) atoms. The van der Waals surface area contributed by atoms with E-state index in [9.17, 15) is 4.79 Å². The molecule has 1 aliphatic rings. The minimum Gasteiger partial charge on any atom is -0.454 e. The Hall–Kier alpha value is -3.28. The lowest BCUT2D eigenvalue weighted by atomic mass is 10.0. The Morgan fingerprint density at radius 1 is 1.15 bits per heavy atom. The van der Waals surface area contributed by atoms with Crippen LogP contribution in [0.1, 0.15) is 18.4 Å². The van der Waals surface area contributed by atoms with Gasteiger partial charge in [-0.25, -0.2) is 4.98 Å². The molecule has 0 fully saturated rings. The number of anilines is 1. The quantitative estimate of drug-likeness (QED) is 0.766. The molecule has 0 radical (unpaired) electrons. The summed E-state index contributed by atoms with van der Waals surface area (Å²) >= 11 is 0. The van der Waals surface area contributed by atoms with Crippen LogP contribution in [0.5, 0.6) is 11.5 Å². The maximum absolute atomic E-state index is 12.8. The molecule has 6 nitrogen and oxygen atoms in total. The molecule has 1 aliphatic heterocycles. The Morgan fingerprint density at radius 2 is 1.96 bits per heavy atom. The van der Waals surface area contributed by atoms with Crippen molar-refractivity contribution in [3.05, 3.63) is 76.8 Å². The number of fused-ring (bicyclic) bond motifs is 1. The van der Waals surface area contributed by atoms with Gasteiger partial charge in [0.1, 0.15) is 0 Å². The van der Waals surface area contributed by atoms with Gasteiger partial charge in [0, 0.05) is 25.0 Å². The van der Waals surface area contributed by atoms with Crippen LogP contribution in [0, 0.1) is 0 Å². The molecule has 6 heteroatoms. The van der Waals surface area contributed by atoms with Crippen molar-refractivity contribution < 1.29 is 9.47 Å². The van der Waals surface area contributed by atoms with Gasteiger partial charge in [0.05, 0.1) is 5.69 Å². The zero-order valence-electron chi connectivity index (χ0n) is 14.4. The lowest BCUT2D eigenvalue weighted by Crippen LogP contribution is -2.24. The van der Waals surface area contributed by atoms with Crippen molar-refractivity contribution in [2.45, 2.75) is 12.8 Å². The summed E-state index contributed by atoms with van der Waals surface area (Å²) in [6.45, 7) is 2.94. The summed E-state index contributed by atoms with van der Waals surface area (Å²) in [6, 6.07) is 15.6. The number of aromatic nitrogens is 2. The molecule has 1 aromatic heterocycles. The van der Waals surface area contributed by atoms with Gasteiger partial charge in [0.2, 0.25) is 6.79 Å². The zero-order chi connectivity index (χ0) is 17.9. The number of hydrogen-bond acceptors (Lipinski definition) is 5. The van der Waals surface area contributed by atoms with E-state index in [2.05, 4.69) is 29.4 Å². The van der Waals surface area contributed by atoms with Gasteiger partial charge in [-0.05, 0) is 23.6 Å². The van der Waals surface area contributed by atoms with Crippen LogP contribution in [0.2, 0.25) is 0 Å². The zero-order valence-corrected chi connectivity index (χ0v) is 14.4. The molecule has 0 saturated carbocycles. The van der Waals surface area contributed by atoms with Gasteiger partial charge in [-0.2, -0.15) is 0 Å². The first-order chi connectivity index (χ1) is 12.7. The second kappa shape index (κ2) is 6.92. The van der Waals surface area contributed by atoms with Crippen LogP contribution < -0.4 is 20.3 Å². The topological polar surface area (TPSA) is 65.4 Å². The van der Waals surface area contributed by atoms with E-state index in [1.807, 2.05) is 24.3 Å². The molecule has 0 unspecified atom stereocenters. The van der Waals surface area contributed by atoms with Gasteiger partial charge in [-0.3, -0.25) is 9.36 Å². The summed E-state index contributed by atoms with van der Waals surface area (Å²) in [7, 11) is 0. The van der Waals surface area contributed by atoms with Gasteiger partial charge in [-0.1, -0.05) is 37.3 Å². The summed E-state index contributed by atoms with van der Waals surface area (Å²) in [5.41, 5.74) is 1.72. The van der Waals surface area contributed by atoms with Crippen molar-refractivity contribution in [2.75, 3.05) is 18.7 Å². The number of nitrogens with zero attached hydrogens (tertiary/aromatic N) is 2. The van der Waals surface area contributed by atoms with E-state index >= 15 is 0 Å². The average molecular weight is 349 g/mol. The number of nitrogens with one attached hydrogen (secondary N) is 1. The molecule has 2 heterocycles. The minimum atomic E-state index is -0.202. The molecule has 3 aromatic rings. The van der Waals surface area contributed by atoms with Crippen LogP contribution in [0.4, 0.5) is 5.82 Å². The molecule has 2 aromatic carbocycles. The second-order valence-electron chi connectivity index (χ2n) is 6.18. The third-order valence-electron chi connectivity index (χ3n) is 4.42. The summed E-state index contributed by atoms with van der Waals surface area (Å²) in [4.78, 5) is 17.0. The Morgan fingerprint density at radius 3 is 2.81 bits per heavy atom. The smallest absolute Gasteiger partial charge is 0.297 e. The first kappa shape index (κ1) is 16.2. The summed E-state index contributed by atoms with van der Waals surface area (Å²) in [6.07, 6.45) is 3.26. The molecule has 0 bridgehead atoms. The highest BCUT2D eigenvalue weighted by atomic mass is 16.7. The predicted octanol–water partition coefficient (Wildman–Crippen LogP) is 3.18. The van der Waals surface area contributed by atoms with E-state index in [0.717, 1.165) is 0 Å². The molecule has 0 aliphatic carbocycles. The number of ether oxygens (including phenoxy) is 2. The third-order valence-corrected chi connectivity index (χ3v) is 4.42. The van der Waals surface area contributed by atoms with Crippen LogP contribution in [-0.4, -0.2) is 22.9 Å². The maximum atomic E-state index is 12.8. The third kappa shape index (κ3) is 3.13. The van der Waals surface area contributed by atoms with E-state index in [0.29, 0.717) is 29.5 Å². The van der Waals surface area contributed by atoms with Gasteiger partial charge in [-0.15, -0.1) is 0 Å². The average Bonchev–Trinajstić information content (AvgIpc) is 3.15. The van der Waals surface area contributed by atoms with Crippen molar-refractivity contribution >= 4 is 5.82 Å². The number of hydrogen-bond donors (Lipinski definition) is 1. The van der Waals surface area contributed by atoms with Crippen molar-refractivity contribution in [3.8, 4) is 17.2 Å². The summed E-state index contributed by atoms with van der Waals surface area (Å²) in [5, 5.41) is 3.17. The van der Waals surface area contributed by atoms with E-state index in [1.54, 1.807) is 29.1 Å². The lowest BCUT2D eigenvalue weighted by Gasteiger charge is -2.14. The Balaban J connectivity index is 1.55. The van der Waals surface area contributed by atoms with Gasteiger partial charge in [0.15, 0.2) is 17.3 Å². The second-order valence-corrected chi connectivity index (χ2v) is 6.18. The Kier molecular flexibility index (Phi) is 4.31. The first-order valence-electron chi connectivity index (χ1n) is 8.49. The predicted molar refractivity (Wildman–Crippen MR) is 99.3 cm³/mol. The fourth-order valence-corrected chi connectivity index (χ4v) is 2.92. The molecular formula is C20H19N3O3. The Bertz CT molecular complexity index is 970. The highest BCUT2D eigenvalue weighted by Crippen LogP contribution is 2.33.